The van der Waals surface area contributed by atoms with E-state index in [0.717, 1.165) is 25.7 Å². The van der Waals surface area contributed by atoms with Crippen LogP contribution in [0.5, 0.6) is 0 Å². The monoisotopic (exact) mass is 338 g/mol. The molecule has 0 radical (unpaired) electrons. The lowest BCUT2D eigenvalue weighted by Gasteiger charge is -2.16. The fourth-order valence-electron chi connectivity index (χ4n) is 2.92. The highest BCUT2D eigenvalue weighted by Gasteiger charge is 2.16. The van der Waals surface area contributed by atoms with Crippen molar-refractivity contribution in [1.82, 2.24) is 5.32 Å². The molecule has 1 aliphatic rings. The van der Waals surface area contributed by atoms with Gasteiger partial charge in [0.2, 0.25) is 10.0 Å². The summed E-state index contributed by atoms with van der Waals surface area (Å²) in [4.78, 5) is 12.4. The van der Waals surface area contributed by atoms with Gasteiger partial charge in [-0.3, -0.25) is 9.52 Å². The van der Waals surface area contributed by atoms with E-state index in [0.29, 0.717) is 17.7 Å². The molecule has 1 saturated carbocycles. The number of anilines is 1. The highest BCUT2D eigenvalue weighted by Crippen LogP contribution is 2.18. The number of sulfonamides is 1. The Hall–Kier alpha value is -1.56. The molecule has 0 aromatic heterocycles. The summed E-state index contributed by atoms with van der Waals surface area (Å²) in [6, 6.07) is 6.90. The Morgan fingerprint density at radius 1 is 1.17 bits per heavy atom. The molecule has 1 amide bonds. The van der Waals surface area contributed by atoms with Gasteiger partial charge in [-0.1, -0.05) is 38.7 Å². The van der Waals surface area contributed by atoms with Crippen molar-refractivity contribution in [1.29, 1.82) is 0 Å². The molecule has 0 spiro atoms. The van der Waals surface area contributed by atoms with Crippen LogP contribution in [0.3, 0.4) is 0 Å². The lowest BCUT2D eigenvalue weighted by molar-refractivity contribution is 0.0933. The van der Waals surface area contributed by atoms with E-state index < -0.39 is 10.0 Å². The summed E-state index contributed by atoms with van der Waals surface area (Å²) < 4.78 is 26.2. The SMILES string of the molecule is CCCS(=O)(=O)Nc1cccc(C(=O)NC2CCCCCC2)c1. The molecule has 1 fully saturated rings. The molecule has 1 aromatic rings. The molecular formula is C17H26N2O3S. The average molecular weight is 338 g/mol. The zero-order chi connectivity index (χ0) is 16.7. The third-order valence-electron chi connectivity index (χ3n) is 4.06. The van der Waals surface area contributed by atoms with Gasteiger partial charge in [0.15, 0.2) is 0 Å². The molecule has 0 bridgehead atoms. The molecule has 5 nitrogen and oxygen atoms in total. The molecule has 1 aliphatic carbocycles. The first-order valence-electron chi connectivity index (χ1n) is 8.41. The fourth-order valence-corrected chi connectivity index (χ4v) is 4.04. The first-order chi connectivity index (χ1) is 11.0. The molecular weight excluding hydrogens is 312 g/mol. The third kappa shape index (κ3) is 5.86. The molecule has 0 heterocycles. The number of hydrogen-bond donors (Lipinski definition) is 2. The smallest absolute Gasteiger partial charge is 0.251 e. The highest BCUT2D eigenvalue weighted by molar-refractivity contribution is 7.92. The average Bonchev–Trinajstić information content (AvgIpc) is 2.75. The van der Waals surface area contributed by atoms with Crippen molar-refractivity contribution in [3.63, 3.8) is 0 Å². The summed E-state index contributed by atoms with van der Waals surface area (Å²) >= 11 is 0. The lowest BCUT2D eigenvalue weighted by atomic mass is 10.1. The molecule has 23 heavy (non-hydrogen) atoms. The second-order valence-corrected chi connectivity index (χ2v) is 8.01. The minimum Gasteiger partial charge on any atom is -0.349 e. The van der Waals surface area contributed by atoms with Gasteiger partial charge in [0.1, 0.15) is 0 Å². The van der Waals surface area contributed by atoms with E-state index in [1.807, 2.05) is 6.92 Å². The Balaban J connectivity index is 2.02. The van der Waals surface area contributed by atoms with Crippen molar-refractivity contribution in [2.75, 3.05) is 10.5 Å². The summed E-state index contributed by atoms with van der Waals surface area (Å²) in [6.07, 6.45) is 7.38. The number of rotatable bonds is 6. The van der Waals surface area contributed by atoms with Crippen LogP contribution in [0, 0.1) is 0 Å². The summed E-state index contributed by atoms with van der Waals surface area (Å²) in [7, 11) is -3.34. The van der Waals surface area contributed by atoms with E-state index in [-0.39, 0.29) is 17.7 Å². The van der Waals surface area contributed by atoms with E-state index in [4.69, 9.17) is 0 Å². The number of nitrogens with one attached hydrogen (secondary N) is 2. The summed E-state index contributed by atoms with van der Waals surface area (Å²) in [6.45, 7) is 1.82. The van der Waals surface area contributed by atoms with Crippen LogP contribution in [-0.2, 0) is 10.0 Å². The summed E-state index contributed by atoms with van der Waals surface area (Å²) in [5.74, 6) is -0.0562. The van der Waals surface area contributed by atoms with Gasteiger partial charge in [-0.15, -0.1) is 0 Å². The van der Waals surface area contributed by atoms with Crippen LogP contribution in [0.2, 0.25) is 0 Å². The van der Waals surface area contributed by atoms with Crippen molar-refractivity contribution in [2.45, 2.75) is 57.9 Å². The Bertz CT molecular complexity index is 620. The van der Waals surface area contributed by atoms with Crippen molar-refractivity contribution in [3.8, 4) is 0 Å². The number of hydrogen-bond acceptors (Lipinski definition) is 3. The minimum absolute atomic E-state index is 0.0749. The molecule has 1 aromatic carbocycles. The number of amides is 1. The van der Waals surface area contributed by atoms with E-state index in [1.54, 1.807) is 24.3 Å². The molecule has 0 unspecified atom stereocenters. The van der Waals surface area contributed by atoms with Gasteiger partial charge < -0.3 is 5.32 Å². The maximum atomic E-state index is 12.4. The van der Waals surface area contributed by atoms with Crippen LogP contribution >= 0.6 is 0 Å². The Morgan fingerprint density at radius 2 is 1.87 bits per heavy atom. The van der Waals surface area contributed by atoms with Gasteiger partial charge in [-0.05, 0) is 37.5 Å². The topological polar surface area (TPSA) is 75.3 Å². The maximum Gasteiger partial charge on any atom is 0.251 e. The highest BCUT2D eigenvalue weighted by atomic mass is 32.2. The fraction of sp³-hybridized carbons (Fsp3) is 0.588. The van der Waals surface area contributed by atoms with Crippen LogP contribution < -0.4 is 10.0 Å². The zero-order valence-electron chi connectivity index (χ0n) is 13.7. The third-order valence-corrected chi connectivity index (χ3v) is 5.55. The van der Waals surface area contributed by atoms with Crippen LogP contribution in [0.15, 0.2) is 24.3 Å². The lowest BCUT2D eigenvalue weighted by Crippen LogP contribution is -2.34. The van der Waals surface area contributed by atoms with Gasteiger partial charge in [-0.25, -0.2) is 8.42 Å². The summed E-state index contributed by atoms with van der Waals surface area (Å²) in [5.41, 5.74) is 0.929. The van der Waals surface area contributed by atoms with Gasteiger partial charge in [0.25, 0.3) is 5.91 Å². The van der Waals surface area contributed by atoms with E-state index in [9.17, 15) is 13.2 Å². The molecule has 6 heteroatoms. The Labute approximate surface area is 138 Å². The van der Waals surface area contributed by atoms with Gasteiger partial charge in [0.05, 0.1) is 5.75 Å². The van der Waals surface area contributed by atoms with E-state index >= 15 is 0 Å². The quantitative estimate of drug-likeness (QED) is 0.782. The maximum absolute atomic E-state index is 12.4. The number of carbonyl (C=O) groups excluding carboxylic acids is 1. The standard InChI is InChI=1S/C17H26N2O3S/c1-2-12-23(21,22)19-16-11-7-8-14(13-16)17(20)18-15-9-5-3-4-6-10-15/h7-8,11,13,15,19H,2-6,9-10,12H2,1H3,(H,18,20). The molecule has 0 saturated heterocycles. The largest absolute Gasteiger partial charge is 0.349 e. The van der Waals surface area contributed by atoms with Crippen LogP contribution in [0.25, 0.3) is 0 Å². The first-order valence-corrected chi connectivity index (χ1v) is 10.1. The first kappa shape index (κ1) is 17.8. The predicted octanol–water partition coefficient (Wildman–Crippen LogP) is 3.29. The van der Waals surface area contributed by atoms with Crippen LogP contribution in [-0.4, -0.2) is 26.1 Å². The Morgan fingerprint density at radius 3 is 2.52 bits per heavy atom. The van der Waals surface area contributed by atoms with E-state index in [2.05, 4.69) is 10.0 Å². The van der Waals surface area contributed by atoms with Crippen molar-refractivity contribution in [3.05, 3.63) is 29.8 Å². The van der Waals surface area contributed by atoms with Crippen molar-refractivity contribution in [2.24, 2.45) is 0 Å². The molecule has 2 rings (SSSR count). The molecule has 128 valence electrons. The van der Waals surface area contributed by atoms with Gasteiger partial charge in [-0.2, -0.15) is 0 Å². The van der Waals surface area contributed by atoms with E-state index in [1.165, 1.54) is 12.8 Å². The normalized spacial score (nSPS) is 16.6. The van der Waals surface area contributed by atoms with Crippen LogP contribution in [0.1, 0.15) is 62.2 Å². The molecule has 0 aliphatic heterocycles. The van der Waals surface area contributed by atoms with Gasteiger partial charge >= 0.3 is 0 Å². The number of benzene rings is 1. The molecule has 2 N–H and O–H groups in total. The molecule has 0 atom stereocenters. The van der Waals surface area contributed by atoms with Crippen molar-refractivity contribution >= 4 is 21.6 Å². The predicted molar refractivity (Wildman–Crippen MR) is 93.1 cm³/mol. The Kier molecular flexibility index (Phi) is 6.45. The second-order valence-electron chi connectivity index (χ2n) is 6.16. The number of carbonyl (C=O) groups is 1. The van der Waals surface area contributed by atoms with Gasteiger partial charge in [0, 0.05) is 17.3 Å². The summed E-state index contributed by atoms with van der Waals surface area (Å²) in [5, 5.41) is 3.07. The zero-order valence-corrected chi connectivity index (χ0v) is 14.5. The van der Waals surface area contributed by atoms with Crippen molar-refractivity contribution < 1.29 is 13.2 Å². The van der Waals surface area contributed by atoms with Crippen LogP contribution in [0.4, 0.5) is 5.69 Å². The minimum atomic E-state index is -3.34. The second kappa shape index (κ2) is 8.34.